The summed E-state index contributed by atoms with van der Waals surface area (Å²) in [4.78, 5) is 34.7. The molecule has 0 spiro atoms. The molecule has 0 saturated heterocycles. The van der Waals surface area contributed by atoms with E-state index in [1.165, 1.54) is 31.3 Å². The zero-order valence-electron chi connectivity index (χ0n) is 16.5. The Labute approximate surface area is 170 Å². The second-order valence-corrected chi connectivity index (χ2v) is 6.54. The first kappa shape index (κ1) is 21.0. The number of aryl methyl sites for hydroxylation is 1. The van der Waals surface area contributed by atoms with Gasteiger partial charge in [-0.25, -0.2) is 20.1 Å². The van der Waals surface area contributed by atoms with Gasteiger partial charge in [-0.15, -0.1) is 0 Å². The van der Waals surface area contributed by atoms with E-state index in [0.717, 1.165) is 6.92 Å². The molecule has 9 nitrogen and oxygen atoms in total. The lowest BCUT2D eigenvalue weighted by Crippen LogP contribution is -2.15. The van der Waals surface area contributed by atoms with Crippen LogP contribution in [0.2, 0.25) is 0 Å². The molecular formula is C19H19F2N7O2. The topological polar surface area (TPSA) is 126 Å². The number of pyridine rings is 1. The number of anilines is 3. The highest BCUT2D eigenvalue weighted by atomic mass is 19.3. The van der Waals surface area contributed by atoms with Gasteiger partial charge in [-0.1, -0.05) is 6.92 Å². The van der Waals surface area contributed by atoms with Gasteiger partial charge in [0, 0.05) is 49.5 Å². The molecule has 3 aromatic rings. The van der Waals surface area contributed by atoms with Crippen molar-refractivity contribution in [3.05, 3.63) is 52.3 Å². The molecule has 3 rings (SSSR count). The van der Waals surface area contributed by atoms with Crippen molar-refractivity contribution in [1.82, 2.24) is 25.1 Å². The van der Waals surface area contributed by atoms with Gasteiger partial charge in [0.2, 0.25) is 11.7 Å². The average molecular weight is 415 g/mol. The van der Waals surface area contributed by atoms with Crippen molar-refractivity contribution in [2.24, 2.45) is 0 Å². The third-order valence-electron chi connectivity index (χ3n) is 3.96. The number of aromatic nitrogens is 5. The van der Waals surface area contributed by atoms with Crippen LogP contribution < -0.4 is 16.2 Å². The van der Waals surface area contributed by atoms with Gasteiger partial charge in [-0.05, 0) is 12.5 Å². The van der Waals surface area contributed by atoms with Gasteiger partial charge in [0.25, 0.3) is 5.56 Å². The first-order chi connectivity index (χ1) is 14.2. The van der Waals surface area contributed by atoms with E-state index in [-0.39, 0.29) is 23.1 Å². The van der Waals surface area contributed by atoms with Crippen LogP contribution in [0.1, 0.15) is 32.3 Å². The van der Waals surface area contributed by atoms with Crippen LogP contribution in [0.3, 0.4) is 0 Å². The predicted octanol–water partition coefficient (Wildman–Crippen LogP) is 3.00. The predicted molar refractivity (Wildman–Crippen MR) is 107 cm³/mol. The van der Waals surface area contributed by atoms with E-state index in [1.807, 2.05) is 0 Å². The standard InChI is InChI=1S/C19H19F2N7O2/c1-4-11-7-16(26-18(24-11)19(3,20)21)25-14-8-15(23-10(2)29)22-9-12(14)13-5-6-17(30)28-27-13/h5-9H,4H2,1-3H3,(H,28,30)(H2,22,23,24,25,26,29). The molecule has 3 heterocycles. The third-order valence-corrected chi connectivity index (χ3v) is 3.96. The number of carbonyl (C=O) groups excluding carboxylic acids is 1. The van der Waals surface area contributed by atoms with Gasteiger partial charge in [0.05, 0.1) is 11.4 Å². The minimum atomic E-state index is -3.22. The Balaban J connectivity index is 2.10. The van der Waals surface area contributed by atoms with Gasteiger partial charge >= 0.3 is 5.92 Å². The Morgan fingerprint density at radius 3 is 2.57 bits per heavy atom. The van der Waals surface area contributed by atoms with Crippen LogP contribution in [0.5, 0.6) is 0 Å². The third kappa shape index (κ3) is 4.99. The lowest BCUT2D eigenvalue weighted by molar-refractivity contribution is -0.114. The van der Waals surface area contributed by atoms with E-state index in [0.29, 0.717) is 29.1 Å². The van der Waals surface area contributed by atoms with Crippen LogP contribution in [-0.2, 0) is 17.1 Å². The van der Waals surface area contributed by atoms with E-state index < -0.39 is 11.7 Å². The number of hydrogen-bond acceptors (Lipinski definition) is 7. The highest BCUT2D eigenvalue weighted by molar-refractivity contribution is 5.89. The number of hydrogen-bond donors (Lipinski definition) is 3. The van der Waals surface area contributed by atoms with Crippen molar-refractivity contribution in [1.29, 1.82) is 0 Å². The van der Waals surface area contributed by atoms with Crippen LogP contribution in [0.25, 0.3) is 11.3 Å². The number of H-pyrrole nitrogens is 1. The highest BCUT2D eigenvalue weighted by Crippen LogP contribution is 2.31. The lowest BCUT2D eigenvalue weighted by Gasteiger charge is -2.15. The number of alkyl halides is 2. The van der Waals surface area contributed by atoms with E-state index in [2.05, 4.69) is 35.8 Å². The van der Waals surface area contributed by atoms with Crippen molar-refractivity contribution in [2.45, 2.75) is 33.1 Å². The van der Waals surface area contributed by atoms with E-state index in [1.54, 1.807) is 13.0 Å². The summed E-state index contributed by atoms with van der Waals surface area (Å²) < 4.78 is 27.7. The van der Waals surface area contributed by atoms with E-state index >= 15 is 0 Å². The second-order valence-electron chi connectivity index (χ2n) is 6.54. The first-order valence-corrected chi connectivity index (χ1v) is 9.02. The maximum absolute atomic E-state index is 13.8. The van der Waals surface area contributed by atoms with Gasteiger partial charge in [0.1, 0.15) is 11.6 Å². The summed E-state index contributed by atoms with van der Waals surface area (Å²) in [6.45, 7) is 3.85. The summed E-state index contributed by atoms with van der Waals surface area (Å²) in [6.07, 6.45) is 1.87. The van der Waals surface area contributed by atoms with Gasteiger partial charge in [-0.3, -0.25) is 9.59 Å². The molecule has 0 aliphatic carbocycles. The van der Waals surface area contributed by atoms with E-state index in [9.17, 15) is 18.4 Å². The molecule has 0 bridgehead atoms. The molecule has 0 unspecified atom stereocenters. The smallest absolute Gasteiger partial charge is 0.303 e. The Bertz CT molecular complexity index is 1120. The summed E-state index contributed by atoms with van der Waals surface area (Å²) in [5.41, 5.74) is 1.28. The number of nitrogens with zero attached hydrogens (tertiary/aromatic N) is 4. The number of carbonyl (C=O) groups is 1. The second kappa shape index (κ2) is 8.31. The number of rotatable bonds is 6. The fraction of sp³-hybridized carbons (Fsp3) is 0.263. The molecule has 0 radical (unpaired) electrons. The van der Waals surface area contributed by atoms with Gasteiger partial charge in [-0.2, -0.15) is 13.9 Å². The summed E-state index contributed by atoms with van der Waals surface area (Å²) in [6, 6.07) is 5.85. The fourth-order valence-corrected chi connectivity index (χ4v) is 2.58. The fourth-order valence-electron chi connectivity index (χ4n) is 2.58. The van der Waals surface area contributed by atoms with Crippen molar-refractivity contribution >= 4 is 23.2 Å². The molecule has 0 fully saturated rings. The Kier molecular flexibility index (Phi) is 5.81. The SMILES string of the molecule is CCc1cc(Nc2cc(NC(C)=O)ncc2-c2ccc(=O)[nH]n2)nc(C(C)(F)F)n1. The monoisotopic (exact) mass is 415 g/mol. The zero-order valence-corrected chi connectivity index (χ0v) is 16.5. The minimum Gasteiger partial charge on any atom is -0.339 e. The largest absolute Gasteiger partial charge is 0.339 e. The quantitative estimate of drug-likeness (QED) is 0.565. The highest BCUT2D eigenvalue weighted by Gasteiger charge is 2.29. The maximum atomic E-state index is 13.8. The number of halogens is 2. The Morgan fingerprint density at radius 2 is 1.97 bits per heavy atom. The molecule has 30 heavy (non-hydrogen) atoms. The summed E-state index contributed by atoms with van der Waals surface area (Å²) >= 11 is 0. The molecule has 0 aliphatic heterocycles. The van der Waals surface area contributed by atoms with Crippen LogP contribution >= 0.6 is 0 Å². The normalized spacial score (nSPS) is 11.2. The molecule has 3 aromatic heterocycles. The summed E-state index contributed by atoms with van der Waals surface area (Å²) in [5.74, 6) is -3.77. The zero-order chi connectivity index (χ0) is 21.9. The molecule has 3 N–H and O–H groups in total. The van der Waals surface area contributed by atoms with Crippen LogP contribution in [0.4, 0.5) is 26.1 Å². The maximum Gasteiger partial charge on any atom is 0.303 e. The van der Waals surface area contributed by atoms with E-state index in [4.69, 9.17) is 0 Å². The Hall–Kier alpha value is -3.76. The minimum absolute atomic E-state index is 0.143. The molecule has 0 atom stereocenters. The number of nitrogens with one attached hydrogen (secondary N) is 3. The van der Waals surface area contributed by atoms with Crippen LogP contribution in [-0.4, -0.2) is 31.1 Å². The molecule has 0 saturated carbocycles. The van der Waals surface area contributed by atoms with Crippen LogP contribution in [0.15, 0.2) is 35.3 Å². The van der Waals surface area contributed by atoms with Crippen molar-refractivity contribution in [2.75, 3.05) is 10.6 Å². The van der Waals surface area contributed by atoms with Crippen molar-refractivity contribution < 1.29 is 13.6 Å². The molecule has 0 aliphatic rings. The van der Waals surface area contributed by atoms with Gasteiger partial charge < -0.3 is 10.6 Å². The number of amides is 1. The summed E-state index contributed by atoms with van der Waals surface area (Å²) in [5, 5.41) is 11.8. The molecule has 1 amide bonds. The lowest BCUT2D eigenvalue weighted by atomic mass is 10.1. The molecular weight excluding hydrogens is 396 g/mol. The Morgan fingerprint density at radius 1 is 1.20 bits per heavy atom. The molecule has 156 valence electrons. The van der Waals surface area contributed by atoms with Crippen LogP contribution in [0, 0.1) is 0 Å². The van der Waals surface area contributed by atoms with Crippen molar-refractivity contribution in [3.63, 3.8) is 0 Å². The average Bonchev–Trinajstić information content (AvgIpc) is 2.67. The molecule has 0 aromatic carbocycles. The molecule has 11 heteroatoms. The first-order valence-electron chi connectivity index (χ1n) is 9.02. The number of aromatic amines is 1. The van der Waals surface area contributed by atoms with Gasteiger partial charge in [0.15, 0.2) is 0 Å². The van der Waals surface area contributed by atoms with Crippen molar-refractivity contribution in [3.8, 4) is 11.3 Å². The summed E-state index contributed by atoms with van der Waals surface area (Å²) in [7, 11) is 0.